The van der Waals surface area contributed by atoms with Gasteiger partial charge < -0.3 is 10.8 Å². The van der Waals surface area contributed by atoms with Crippen molar-refractivity contribution in [3.8, 4) is 5.75 Å². The topological polar surface area (TPSA) is 46.2 Å². The molecule has 0 fully saturated rings. The van der Waals surface area contributed by atoms with Crippen LogP contribution in [0, 0.1) is 0 Å². The first-order chi connectivity index (χ1) is 7.24. The van der Waals surface area contributed by atoms with Crippen molar-refractivity contribution in [1.29, 1.82) is 0 Å². The summed E-state index contributed by atoms with van der Waals surface area (Å²) in [4.78, 5) is 0. The Labute approximate surface area is 90.4 Å². The van der Waals surface area contributed by atoms with Gasteiger partial charge in [-0.2, -0.15) is 0 Å². The van der Waals surface area contributed by atoms with Crippen molar-refractivity contribution in [2.45, 2.75) is 31.7 Å². The predicted octanol–water partition coefficient (Wildman–Crippen LogP) is 2.37. The Morgan fingerprint density at radius 3 is 2.60 bits per heavy atom. The number of phenolic OH excluding ortho intramolecular Hbond substituents is 1. The van der Waals surface area contributed by atoms with Crippen molar-refractivity contribution in [2.75, 3.05) is 0 Å². The van der Waals surface area contributed by atoms with Crippen LogP contribution < -0.4 is 5.73 Å². The molecule has 2 heteroatoms. The number of hydrogen-bond donors (Lipinski definition) is 2. The third kappa shape index (κ3) is 2.83. The average Bonchev–Trinajstić information content (AvgIpc) is 2.25. The number of aromatic hydroxyl groups is 1. The van der Waals surface area contributed by atoms with E-state index in [2.05, 4.69) is 6.08 Å². The van der Waals surface area contributed by atoms with Crippen molar-refractivity contribution in [3.05, 3.63) is 41.5 Å². The van der Waals surface area contributed by atoms with E-state index >= 15 is 0 Å². The molecule has 0 saturated heterocycles. The van der Waals surface area contributed by atoms with Crippen LogP contribution in [0.15, 0.2) is 35.9 Å². The highest BCUT2D eigenvalue weighted by atomic mass is 16.3. The van der Waals surface area contributed by atoms with E-state index in [0.29, 0.717) is 11.8 Å². The summed E-state index contributed by atoms with van der Waals surface area (Å²) in [5.41, 5.74) is 8.57. The van der Waals surface area contributed by atoms with Crippen molar-refractivity contribution >= 4 is 0 Å². The Morgan fingerprint density at radius 2 is 2.00 bits per heavy atom. The summed E-state index contributed by atoms with van der Waals surface area (Å²) in [5.74, 6) is 0.332. The van der Waals surface area contributed by atoms with Gasteiger partial charge in [-0.25, -0.2) is 0 Å². The van der Waals surface area contributed by atoms with Crippen molar-refractivity contribution in [2.24, 2.45) is 5.73 Å². The van der Waals surface area contributed by atoms with Crippen LogP contribution in [-0.2, 0) is 6.42 Å². The van der Waals surface area contributed by atoms with Gasteiger partial charge in [0.25, 0.3) is 0 Å². The average molecular weight is 203 g/mol. The fourth-order valence-electron chi connectivity index (χ4n) is 1.95. The van der Waals surface area contributed by atoms with E-state index in [4.69, 9.17) is 10.8 Å². The van der Waals surface area contributed by atoms with Crippen LogP contribution in [0.2, 0.25) is 0 Å². The number of hydrogen-bond acceptors (Lipinski definition) is 2. The van der Waals surface area contributed by atoms with Crippen LogP contribution in [0.5, 0.6) is 5.75 Å². The van der Waals surface area contributed by atoms with Gasteiger partial charge in [0.05, 0.1) is 0 Å². The second kappa shape index (κ2) is 4.49. The maximum Gasteiger partial charge on any atom is 0.115 e. The minimum Gasteiger partial charge on any atom is -0.508 e. The summed E-state index contributed by atoms with van der Waals surface area (Å²) in [6.45, 7) is 0. The maximum absolute atomic E-state index is 9.17. The molecule has 0 spiro atoms. The van der Waals surface area contributed by atoms with Gasteiger partial charge in [0.1, 0.15) is 5.75 Å². The molecule has 3 N–H and O–H groups in total. The number of allylic oxidation sites excluding steroid dienone is 1. The third-order valence-corrected chi connectivity index (χ3v) is 2.91. The van der Waals surface area contributed by atoms with E-state index in [-0.39, 0.29) is 0 Å². The molecule has 1 aromatic rings. The zero-order chi connectivity index (χ0) is 10.7. The van der Waals surface area contributed by atoms with E-state index in [9.17, 15) is 0 Å². The lowest BCUT2D eigenvalue weighted by Crippen LogP contribution is -2.22. The first kappa shape index (κ1) is 10.2. The molecule has 0 saturated carbocycles. The molecule has 1 aliphatic rings. The van der Waals surface area contributed by atoms with E-state index < -0.39 is 0 Å². The van der Waals surface area contributed by atoms with Gasteiger partial charge in [-0.3, -0.25) is 0 Å². The van der Waals surface area contributed by atoms with Gasteiger partial charge >= 0.3 is 0 Å². The predicted molar refractivity (Wildman–Crippen MR) is 61.7 cm³/mol. The van der Waals surface area contributed by atoms with Crippen LogP contribution in [-0.4, -0.2) is 11.1 Å². The highest BCUT2D eigenvalue weighted by molar-refractivity contribution is 5.29. The molecule has 15 heavy (non-hydrogen) atoms. The monoisotopic (exact) mass is 203 g/mol. The van der Waals surface area contributed by atoms with Gasteiger partial charge in [0, 0.05) is 6.04 Å². The Hall–Kier alpha value is -1.28. The minimum absolute atomic E-state index is 0.332. The molecule has 0 amide bonds. The maximum atomic E-state index is 9.17. The first-order valence-corrected chi connectivity index (χ1v) is 5.45. The standard InChI is InChI=1S/C13H17NO/c14-12-5-1-10(2-6-12)9-11-3-7-13(15)8-4-11/h1,3-4,7-8,12,15H,2,5-6,9,14H2. The molecular formula is C13H17NO. The zero-order valence-corrected chi connectivity index (χ0v) is 8.82. The first-order valence-electron chi connectivity index (χ1n) is 5.45. The van der Waals surface area contributed by atoms with Crippen LogP contribution >= 0.6 is 0 Å². The Balaban J connectivity index is 2.00. The summed E-state index contributed by atoms with van der Waals surface area (Å²) < 4.78 is 0. The van der Waals surface area contributed by atoms with E-state index in [1.807, 2.05) is 12.1 Å². The Kier molecular flexibility index (Phi) is 3.07. The summed E-state index contributed by atoms with van der Waals surface area (Å²) in [5, 5.41) is 9.17. The minimum atomic E-state index is 0.332. The van der Waals surface area contributed by atoms with Crippen LogP contribution in [0.4, 0.5) is 0 Å². The van der Waals surface area contributed by atoms with E-state index in [1.54, 1.807) is 12.1 Å². The Bertz CT molecular complexity index is 353. The summed E-state index contributed by atoms with van der Waals surface area (Å²) in [7, 11) is 0. The normalized spacial score (nSPS) is 21.1. The number of benzene rings is 1. The van der Waals surface area contributed by atoms with Crippen molar-refractivity contribution in [1.82, 2.24) is 0 Å². The summed E-state index contributed by atoms with van der Waals surface area (Å²) in [6, 6.07) is 7.79. The molecule has 1 atom stereocenters. The van der Waals surface area contributed by atoms with E-state index in [1.165, 1.54) is 11.1 Å². The molecule has 2 rings (SSSR count). The molecule has 0 aromatic heterocycles. The molecule has 1 aromatic carbocycles. The van der Waals surface area contributed by atoms with Crippen molar-refractivity contribution in [3.63, 3.8) is 0 Å². The summed E-state index contributed by atoms with van der Waals surface area (Å²) in [6.07, 6.45) is 6.48. The summed E-state index contributed by atoms with van der Waals surface area (Å²) >= 11 is 0. The molecule has 0 bridgehead atoms. The second-order valence-electron chi connectivity index (χ2n) is 4.24. The van der Waals surface area contributed by atoms with Gasteiger partial charge in [-0.05, 0) is 43.4 Å². The quantitative estimate of drug-likeness (QED) is 0.725. The molecule has 0 radical (unpaired) electrons. The van der Waals surface area contributed by atoms with Gasteiger partial charge in [-0.15, -0.1) is 0 Å². The molecule has 2 nitrogen and oxygen atoms in total. The fourth-order valence-corrected chi connectivity index (χ4v) is 1.95. The lowest BCUT2D eigenvalue weighted by molar-refractivity contribution is 0.475. The zero-order valence-electron chi connectivity index (χ0n) is 8.82. The molecule has 1 unspecified atom stereocenters. The molecule has 1 aliphatic carbocycles. The van der Waals surface area contributed by atoms with Crippen LogP contribution in [0.1, 0.15) is 24.8 Å². The SMILES string of the molecule is NC1CC=C(Cc2ccc(O)cc2)CC1. The molecule has 0 heterocycles. The largest absolute Gasteiger partial charge is 0.508 e. The van der Waals surface area contributed by atoms with Crippen LogP contribution in [0.3, 0.4) is 0 Å². The molecular weight excluding hydrogens is 186 g/mol. The number of phenols is 1. The Morgan fingerprint density at radius 1 is 1.27 bits per heavy atom. The lowest BCUT2D eigenvalue weighted by atomic mass is 9.92. The second-order valence-corrected chi connectivity index (χ2v) is 4.24. The third-order valence-electron chi connectivity index (χ3n) is 2.91. The lowest BCUT2D eigenvalue weighted by Gasteiger charge is -2.18. The number of rotatable bonds is 2. The molecule has 80 valence electrons. The molecule has 0 aliphatic heterocycles. The smallest absolute Gasteiger partial charge is 0.115 e. The van der Waals surface area contributed by atoms with Gasteiger partial charge in [0.15, 0.2) is 0 Å². The van der Waals surface area contributed by atoms with Crippen LogP contribution in [0.25, 0.3) is 0 Å². The van der Waals surface area contributed by atoms with E-state index in [0.717, 1.165) is 25.7 Å². The highest BCUT2D eigenvalue weighted by Crippen LogP contribution is 2.21. The highest BCUT2D eigenvalue weighted by Gasteiger charge is 2.10. The van der Waals surface area contributed by atoms with Crippen molar-refractivity contribution < 1.29 is 5.11 Å². The van der Waals surface area contributed by atoms with Gasteiger partial charge in [0.2, 0.25) is 0 Å². The number of nitrogens with two attached hydrogens (primary N) is 1. The fraction of sp³-hybridized carbons (Fsp3) is 0.385. The van der Waals surface area contributed by atoms with Gasteiger partial charge in [-0.1, -0.05) is 23.8 Å².